The largest absolute Gasteiger partial charge is 3.00 e. The van der Waals surface area contributed by atoms with E-state index in [1.54, 1.807) is 0 Å². The molecule has 0 aliphatic rings. The summed E-state index contributed by atoms with van der Waals surface area (Å²) in [5, 5.41) is 0. The van der Waals surface area contributed by atoms with Crippen LogP contribution in [0.15, 0.2) is 0 Å². The van der Waals surface area contributed by atoms with Crippen LogP contribution in [0.4, 0.5) is 0 Å². The second-order valence-corrected chi connectivity index (χ2v) is 0. The van der Waals surface area contributed by atoms with E-state index in [1.165, 1.54) is 0 Å². The second-order valence-electron chi connectivity index (χ2n) is 0. The van der Waals surface area contributed by atoms with Crippen LogP contribution in [0.2, 0.25) is 0 Å². The molecule has 0 saturated carbocycles. The van der Waals surface area contributed by atoms with Gasteiger partial charge in [0.25, 0.3) is 0 Å². The fraction of sp³-hybridized carbons (Fsp3) is 0. The Bertz CT molecular complexity index is 58.8. The fourth-order valence-corrected chi connectivity index (χ4v) is 0. The van der Waals surface area contributed by atoms with Crippen molar-refractivity contribution in [1.82, 2.24) is 0 Å². The van der Waals surface area contributed by atoms with Crippen LogP contribution >= 0.6 is 0 Å². The Kier molecular flexibility index (Phi) is 16800. The molecule has 0 radical (unpaired) electrons. The molecule has 0 spiro atoms. The Morgan fingerprint density at radius 3 is 0.100 bits per heavy atom. The fourth-order valence-electron chi connectivity index (χ4n) is 0. The van der Waals surface area contributed by atoms with Crippen LogP contribution in [-0.2, 0) is 284 Å². The van der Waals surface area contributed by atoms with Gasteiger partial charge in [-0.05, 0) is 0 Å². The predicted molar refractivity (Wildman–Crippen MR) is 16.5 cm³/mol. The van der Waals surface area contributed by atoms with Gasteiger partial charge in [-0.2, -0.15) is 0 Å². The maximum atomic E-state index is 0. The molecular formula is Mo6Na9O24Sc-36. The average molecular weight is 1210 g/mol. The van der Waals surface area contributed by atoms with E-state index in [4.69, 9.17) is 0 Å². The van der Waals surface area contributed by atoms with Gasteiger partial charge in [-0.15, -0.1) is 0 Å². The first-order valence-corrected chi connectivity index (χ1v) is 0. The van der Waals surface area contributed by atoms with Gasteiger partial charge in [-0.1, -0.05) is 0 Å². The molecule has 0 N–H and O–H groups in total. The van der Waals surface area contributed by atoms with Gasteiger partial charge in [0.05, 0.1) is 0 Å². The molecule has 40 heavy (non-hydrogen) atoms. The molecule has 24 nitrogen and oxygen atoms in total. The Morgan fingerprint density at radius 1 is 0.100 bits per heavy atom. The van der Waals surface area contributed by atoms with Crippen molar-refractivity contribution < 1.29 is 550 Å². The van der Waals surface area contributed by atoms with E-state index < -0.39 is 0 Å². The van der Waals surface area contributed by atoms with E-state index in [-0.39, 0.29) is 550 Å². The van der Waals surface area contributed by atoms with Crippen LogP contribution in [0.1, 0.15) is 0 Å². The van der Waals surface area contributed by atoms with Gasteiger partial charge in [0.2, 0.25) is 0 Å². The minimum atomic E-state index is 0. The third-order valence-corrected chi connectivity index (χ3v) is 0. The van der Waals surface area contributed by atoms with Crippen molar-refractivity contribution in [2.75, 3.05) is 0 Å². The van der Waals surface area contributed by atoms with Crippen LogP contribution in [0, 0.1) is 0 Å². The minimum Gasteiger partial charge on any atom is -2.00 e. The molecule has 0 atom stereocenters. The third kappa shape index (κ3) is 752. The molecule has 0 aromatic carbocycles. The van der Waals surface area contributed by atoms with Gasteiger partial charge in [-0.3, -0.25) is 0 Å². The summed E-state index contributed by atoms with van der Waals surface area (Å²) in [6.07, 6.45) is 0. The van der Waals surface area contributed by atoms with E-state index >= 15 is 0 Å². The molecule has 0 bridgehead atoms. The zero-order chi connectivity index (χ0) is 0. The van der Waals surface area contributed by atoms with Crippen molar-refractivity contribution >= 4 is 0 Å². The molecule has 0 aliphatic heterocycles. The van der Waals surface area contributed by atoms with Gasteiger partial charge in [0.1, 0.15) is 0 Å². The van der Waals surface area contributed by atoms with Crippen molar-refractivity contribution in [3.63, 3.8) is 0 Å². The first-order valence-electron chi connectivity index (χ1n) is 0. The van der Waals surface area contributed by atoms with E-state index in [0.717, 1.165) is 0 Å². The molecular weight excluding hydrogens is 1210 g/mol. The van der Waals surface area contributed by atoms with Gasteiger partial charge in [-0.25, -0.2) is 0 Å². The van der Waals surface area contributed by atoms with E-state index in [1.807, 2.05) is 0 Å². The summed E-state index contributed by atoms with van der Waals surface area (Å²) >= 11 is 0. The quantitative estimate of drug-likeness (QED) is 0.204. The standard InChI is InChI=1S/6Mo.9Na.24O.Sc/q;;;;;;9*+1;24*-2;+3. The first-order chi connectivity index (χ1) is 0. The Hall–Kier alpha value is 13.0. The molecule has 0 aliphatic carbocycles. The summed E-state index contributed by atoms with van der Waals surface area (Å²) in [4.78, 5) is 0. The average Bonchev–Trinajstić information content (AvgIpc) is 0. The predicted octanol–water partition coefficient (Wildman–Crippen LogP) is -29.8. The van der Waals surface area contributed by atoms with E-state index in [2.05, 4.69) is 0 Å². The summed E-state index contributed by atoms with van der Waals surface area (Å²) in [5.41, 5.74) is 0. The smallest absolute Gasteiger partial charge is 2.00 e. The van der Waals surface area contributed by atoms with Gasteiger partial charge < -0.3 is 131 Å². The summed E-state index contributed by atoms with van der Waals surface area (Å²) in [5.74, 6) is 0. The minimum absolute atomic E-state index is 0. The van der Waals surface area contributed by atoms with Crippen molar-refractivity contribution in [3.8, 4) is 0 Å². The summed E-state index contributed by atoms with van der Waals surface area (Å²) in [6, 6.07) is 0. The van der Waals surface area contributed by atoms with Crippen molar-refractivity contribution in [2.24, 2.45) is 0 Å². The molecule has 0 amide bonds. The van der Waals surface area contributed by atoms with Crippen molar-refractivity contribution in [3.05, 3.63) is 0 Å². The SMILES string of the molecule is [Mo].[Mo].[Mo].[Mo].[Mo].[Mo].[Na+].[Na+].[Na+].[Na+].[Na+].[Na+].[Na+].[Na+].[Na+].[O-2].[O-2].[O-2].[O-2].[O-2].[O-2].[O-2].[O-2].[O-2].[O-2].[O-2].[O-2].[O-2].[O-2].[O-2].[O-2].[O-2].[O-2].[O-2].[O-2].[O-2].[O-2].[O-2].[O-2].[Sc+3]. The maximum Gasteiger partial charge on any atom is 3.00 e. The van der Waals surface area contributed by atoms with E-state index in [0.29, 0.717) is 0 Å². The molecule has 0 rings (SSSR count). The van der Waals surface area contributed by atoms with Crippen LogP contribution in [0.3, 0.4) is 0 Å². The molecule has 0 unspecified atom stereocenters. The molecule has 0 heterocycles. The third-order valence-electron chi connectivity index (χ3n) is 0. The molecule has 0 fully saturated rings. The molecule has 0 aromatic heterocycles. The zero-order valence-corrected chi connectivity index (χ0v) is 53.7. The summed E-state index contributed by atoms with van der Waals surface area (Å²) < 4.78 is 0. The first kappa shape index (κ1) is 845. The van der Waals surface area contributed by atoms with Crippen LogP contribution in [0.5, 0.6) is 0 Å². The van der Waals surface area contributed by atoms with Crippen LogP contribution in [-0.4, -0.2) is 0 Å². The molecule has 0 aromatic rings. The van der Waals surface area contributed by atoms with Gasteiger partial charge in [0.15, 0.2) is 0 Å². The van der Waals surface area contributed by atoms with Crippen molar-refractivity contribution in [1.29, 1.82) is 0 Å². The number of hydrogen-bond donors (Lipinski definition) is 0. The molecule has 0 saturated heterocycles. The molecule has 40 heteroatoms. The second kappa shape index (κ2) is 797. The Morgan fingerprint density at radius 2 is 0.100 bits per heavy atom. The van der Waals surface area contributed by atoms with E-state index in [9.17, 15) is 0 Å². The zero-order valence-electron chi connectivity index (χ0n) is 21.8. The van der Waals surface area contributed by atoms with Crippen LogP contribution in [0.25, 0.3) is 0 Å². The normalized spacial score (nSPS) is 0. The van der Waals surface area contributed by atoms with Gasteiger partial charge >= 0.3 is 292 Å². The summed E-state index contributed by atoms with van der Waals surface area (Å²) in [6.45, 7) is 0. The Balaban J connectivity index is 0. The van der Waals surface area contributed by atoms with Gasteiger partial charge in [0, 0.05) is 126 Å². The Labute approximate surface area is 536 Å². The monoisotopic (exact) mass is 1220 g/mol. The molecule has 228 valence electrons. The maximum absolute atomic E-state index is 0. The van der Waals surface area contributed by atoms with Crippen molar-refractivity contribution in [2.45, 2.75) is 0 Å². The summed E-state index contributed by atoms with van der Waals surface area (Å²) in [7, 11) is 0. The van der Waals surface area contributed by atoms with Crippen LogP contribution < -0.4 is 266 Å². The number of hydrogen-bond acceptors (Lipinski definition) is 0. The number of rotatable bonds is 0. The topological polar surface area (TPSA) is 684 Å².